The summed E-state index contributed by atoms with van der Waals surface area (Å²) in [6, 6.07) is 20.7. The van der Waals surface area contributed by atoms with Gasteiger partial charge in [0.25, 0.3) is 15.9 Å². The molecule has 0 spiro atoms. The highest BCUT2D eigenvalue weighted by molar-refractivity contribution is 7.92. The highest BCUT2D eigenvalue weighted by Gasteiger charge is 2.29. The van der Waals surface area contributed by atoms with Gasteiger partial charge in [-0.15, -0.1) is 0 Å². The van der Waals surface area contributed by atoms with Crippen LogP contribution in [-0.2, 0) is 14.8 Å². The van der Waals surface area contributed by atoms with Crippen molar-refractivity contribution in [1.29, 1.82) is 0 Å². The summed E-state index contributed by atoms with van der Waals surface area (Å²) >= 11 is 0. The zero-order valence-electron chi connectivity index (χ0n) is 19.6. The fourth-order valence-corrected chi connectivity index (χ4v) is 4.61. The number of ether oxygens (including phenoxy) is 1. The molecule has 0 bridgehead atoms. The highest BCUT2D eigenvalue weighted by Crippen LogP contribution is 2.32. The Morgan fingerprint density at radius 3 is 2.26 bits per heavy atom. The van der Waals surface area contributed by atoms with Crippen molar-refractivity contribution in [1.82, 2.24) is 5.43 Å². The monoisotopic (exact) mass is 480 g/mol. The first-order valence-electron chi connectivity index (χ1n) is 10.5. The van der Waals surface area contributed by atoms with E-state index in [1.807, 2.05) is 50.2 Å². The standard InChI is InChI=1S/C25H28N4O4S/c1-19-9-15-22(16-10-19)34(31,32)29(23-7-5-6-8-24(23)33-4)18-25(30)27-26-17-20-11-13-21(14-12-20)28(2)3/h5-17H,18H2,1-4H3,(H,27,30)/b26-17-. The van der Waals surface area contributed by atoms with Crippen molar-refractivity contribution in [2.45, 2.75) is 11.8 Å². The normalized spacial score (nSPS) is 11.3. The Hall–Kier alpha value is -3.85. The van der Waals surface area contributed by atoms with Crippen molar-refractivity contribution in [2.75, 3.05) is 37.0 Å². The molecule has 3 aromatic rings. The lowest BCUT2D eigenvalue weighted by atomic mass is 10.2. The maximum absolute atomic E-state index is 13.5. The van der Waals surface area contributed by atoms with Crippen LogP contribution in [0, 0.1) is 6.92 Å². The number of hydrazone groups is 1. The molecular formula is C25H28N4O4S. The maximum Gasteiger partial charge on any atom is 0.264 e. The number of benzene rings is 3. The van der Waals surface area contributed by atoms with Crippen molar-refractivity contribution in [3.63, 3.8) is 0 Å². The lowest BCUT2D eigenvalue weighted by molar-refractivity contribution is -0.119. The number of para-hydroxylation sites is 2. The minimum Gasteiger partial charge on any atom is -0.495 e. The summed E-state index contributed by atoms with van der Waals surface area (Å²) in [5.41, 5.74) is 5.42. The number of anilines is 2. The number of aryl methyl sites for hydroxylation is 1. The molecule has 0 saturated heterocycles. The molecule has 0 atom stereocenters. The Labute approximate surface area is 200 Å². The van der Waals surface area contributed by atoms with Crippen LogP contribution in [0.2, 0.25) is 0 Å². The van der Waals surface area contributed by atoms with Crippen molar-refractivity contribution < 1.29 is 17.9 Å². The number of nitrogens with one attached hydrogen (secondary N) is 1. The van der Waals surface area contributed by atoms with Crippen molar-refractivity contribution in [2.24, 2.45) is 5.10 Å². The van der Waals surface area contributed by atoms with Gasteiger partial charge in [0, 0.05) is 19.8 Å². The average Bonchev–Trinajstić information content (AvgIpc) is 2.83. The third-order valence-electron chi connectivity index (χ3n) is 5.06. The van der Waals surface area contributed by atoms with Gasteiger partial charge in [-0.3, -0.25) is 9.10 Å². The third kappa shape index (κ3) is 5.93. The predicted molar refractivity (Wildman–Crippen MR) is 135 cm³/mol. The van der Waals surface area contributed by atoms with E-state index in [1.54, 1.807) is 36.4 Å². The third-order valence-corrected chi connectivity index (χ3v) is 6.84. The van der Waals surface area contributed by atoms with Gasteiger partial charge < -0.3 is 9.64 Å². The summed E-state index contributed by atoms with van der Waals surface area (Å²) in [7, 11) is 1.28. The largest absolute Gasteiger partial charge is 0.495 e. The Morgan fingerprint density at radius 2 is 1.65 bits per heavy atom. The van der Waals surface area contributed by atoms with Crippen LogP contribution in [-0.4, -0.2) is 48.3 Å². The Kier molecular flexibility index (Phi) is 7.91. The molecule has 0 fully saturated rings. The van der Waals surface area contributed by atoms with Gasteiger partial charge >= 0.3 is 0 Å². The van der Waals surface area contributed by atoms with Crippen LogP contribution in [0.1, 0.15) is 11.1 Å². The van der Waals surface area contributed by atoms with E-state index in [1.165, 1.54) is 25.5 Å². The van der Waals surface area contributed by atoms with Crippen LogP contribution in [0.15, 0.2) is 82.8 Å². The topological polar surface area (TPSA) is 91.3 Å². The minimum atomic E-state index is -4.05. The molecular weight excluding hydrogens is 452 g/mol. The predicted octanol–water partition coefficient (Wildman–Crippen LogP) is 3.42. The van der Waals surface area contributed by atoms with Gasteiger partial charge in [-0.1, -0.05) is 42.0 Å². The molecule has 0 unspecified atom stereocenters. The number of methoxy groups -OCH3 is 1. The smallest absolute Gasteiger partial charge is 0.264 e. The summed E-state index contributed by atoms with van der Waals surface area (Å²) < 4.78 is 33.3. The van der Waals surface area contributed by atoms with Crippen LogP contribution >= 0.6 is 0 Å². The van der Waals surface area contributed by atoms with Gasteiger partial charge in [-0.05, 0) is 48.9 Å². The number of hydrogen-bond acceptors (Lipinski definition) is 6. The first-order valence-corrected chi connectivity index (χ1v) is 12.0. The molecule has 9 heteroatoms. The maximum atomic E-state index is 13.5. The number of amides is 1. The molecule has 178 valence electrons. The second-order valence-electron chi connectivity index (χ2n) is 7.78. The summed E-state index contributed by atoms with van der Waals surface area (Å²) in [6.45, 7) is 1.39. The number of carbonyl (C=O) groups is 1. The molecule has 8 nitrogen and oxygen atoms in total. The fourth-order valence-electron chi connectivity index (χ4n) is 3.18. The Morgan fingerprint density at radius 1 is 1.00 bits per heavy atom. The van der Waals surface area contributed by atoms with Gasteiger partial charge in [-0.25, -0.2) is 13.8 Å². The summed E-state index contributed by atoms with van der Waals surface area (Å²) in [6.07, 6.45) is 1.50. The number of rotatable bonds is 9. The highest BCUT2D eigenvalue weighted by atomic mass is 32.2. The lowest BCUT2D eigenvalue weighted by Crippen LogP contribution is -2.39. The molecule has 0 aliphatic carbocycles. The molecule has 3 aromatic carbocycles. The second kappa shape index (κ2) is 10.8. The molecule has 1 amide bonds. The van der Waals surface area contributed by atoms with Crippen LogP contribution in [0.25, 0.3) is 0 Å². The number of hydrogen-bond donors (Lipinski definition) is 1. The molecule has 0 heterocycles. The Balaban J connectivity index is 1.84. The zero-order chi connectivity index (χ0) is 24.7. The molecule has 0 radical (unpaired) electrons. The molecule has 0 aromatic heterocycles. The molecule has 3 rings (SSSR count). The molecule has 0 aliphatic rings. The van der Waals surface area contributed by atoms with Gasteiger partial charge in [0.05, 0.1) is 23.9 Å². The first kappa shape index (κ1) is 24.8. The summed E-state index contributed by atoms with van der Waals surface area (Å²) in [5.74, 6) is -0.266. The van der Waals surface area contributed by atoms with E-state index in [-0.39, 0.29) is 10.6 Å². The van der Waals surface area contributed by atoms with Crippen molar-refractivity contribution in [3.05, 3.63) is 83.9 Å². The van der Waals surface area contributed by atoms with Gasteiger partial charge in [0.15, 0.2) is 0 Å². The summed E-state index contributed by atoms with van der Waals surface area (Å²) in [4.78, 5) is 14.8. The van der Waals surface area contributed by atoms with E-state index in [9.17, 15) is 13.2 Å². The second-order valence-corrected chi connectivity index (χ2v) is 9.64. The van der Waals surface area contributed by atoms with Crippen molar-refractivity contribution >= 4 is 33.5 Å². The SMILES string of the molecule is COc1ccccc1N(CC(=O)N/N=C\c1ccc(N(C)C)cc1)S(=O)(=O)c1ccc(C)cc1. The first-order chi connectivity index (χ1) is 16.2. The lowest BCUT2D eigenvalue weighted by Gasteiger charge is -2.25. The quantitative estimate of drug-likeness (QED) is 0.374. The van der Waals surface area contributed by atoms with Crippen LogP contribution in [0.5, 0.6) is 5.75 Å². The van der Waals surface area contributed by atoms with Crippen LogP contribution in [0.4, 0.5) is 11.4 Å². The van der Waals surface area contributed by atoms with Crippen LogP contribution < -0.4 is 19.4 Å². The molecule has 34 heavy (non-hydrogen) atoms. The fraction of sp³-hybridized carbons (Fsp3) is 0.200. The molecule has 1 N–H and O–H groups in total. The number of sulfonamides is 1. The Bertz CT molecular complexity index is 1250. The number of carbonyl (C=O) groups excluding carboxylic acids is 1. The molecule has 0 aliphatic heterocycles. The van der Waals surface area contributed by atoms with Crippen LogP contribution in [0.3, 0.4) is 0 Å². The van der Waals surface area contributed by atoms with E-state index >= 15 is 0 Å². The van der Waals surface area contributed by atoms with Gasteiger partial charge in [0.2, 0.25) is 0 Å². The molecule has 0 saturated carbocycles. The average molecular weight is 481 g/mol. The number of nitrogens with zero attached hydrogens (tertiary/aromatic N) is 3. The van der Waals surface area contributed by atoms with E-state index in [2.05, 4.69) is 10.5 Å². The van der Waals surface area contributed by atoms with E-state index < -0.39 is 22.5 Å². The van der Waals surface area contributed by atoms with Crippen molar-refractivity contribution in [3.8, 4) is 5.75 Å². The summed E-state index contributed by atoms with van der Waals surface area (Å²) in [5, 5.41) is 3.98. The van der Waals surface area contributed by atoms with E-state index in [0.717, 1.165) is 21.1 Å². The van der Waals surface area contributed by atoms with E-state index in [0.29, 0.717) is 5.75 Å². The van der Waals surface area contributed by atoms with E-state index in [4.69, 9.17) is 4.74 Å². The van der Waals surface area contributed by atoms with Gasteiger partial charge in [0.1, 0.15) is 12.3 Å². The minimum absolute atomic E-state index is 0.0706. The van der Waals surface area contributed by atoms with Gasteiger partial charge in [-0.2, -0.15) is 5.10 Å². The zero-order valence-corrected chi connectivity index (χ0v) is 20.4.